The number of hydrogen-bond acceptors (Lipinski definition) is 2. The number of aryl methyl sites for hydroxylation is 1. The van der Waals surface area contributed by atoms with E-state index in [9.17, 15) is 9.90 Å². The molecule has 1 aliphatic rings. The third kappa shape index (κ3) is 2.61. The van der Waals surface area contributed by atoms with Gasteiger partial charge in [-0.2, -0.15) is 0 Å². The lowest BCUT2D eigenvalue weighted by molar-refractivity contribution is 0.159. The van der Waals surface area contributed by atoms with E-state index in [1.165, 1.54) is 4.90 Å². The summed E-state index contributed by atoms with van der Waals surface area (Å²) in [5.41, 5.74) is 3.69. The first-order valence-corrected chi connectivity index (χ1v) is 7.12. The summed E-state index contributed by atoms with van der Waals surface area (Å²) in [5, 5.41) is 10.5. The quantitative estimate of drug-likeness (QED) is 0.863. The van der Waals surface area contributed by atoms with Gasteiger partial charge in [0, 0.05) is 23.7 Å². The highest BCUT2D eigenvalue weighted by Crippen LogP contribution is 2.29. The minimum absolute atomic E-state index is 0.353. The van der Waals surface area contributed by atoms with Crippen LogP contribution >= 0.6 is 0 Å². The molecule has 2 heterocycles. The van der Waals surface area contributed by atoms with E-state index in [4.69, 9.17) is 0 Å². The molecule has 0 saturated heterocycles. The first-order chi connectivity index (χ1) is 10.0. The number of hydrogen-bond donors (Lipinski definition) is 1. The van der Waals surface area contributed by atoms with E-state index in [0.717, 1.165) is 34.1 Å². The molecule has 3 rings (SSSR count). The van der Waals surface area contributed by atoms with Crippen LogP contribution in [0.5, 0.6) is 0 Å². The van der Waals surface area contributed by atoms with Crippen molar-refractivity contribution in [2.75, 3.05) is 6.54 Å². The second-order valence-corrected chi connectivity index (χ2v) is 5.74. The van der Waals surface area contributed by atoms with Crippen molar-refractivity contribution in [3.8, 4) is 0 Å². The van der Waals surface area contributed by atoms with E-state index >= 15 is 0 Å². The summed E-state index contributed by atoms with van der Waals surface area (Å²) in [6, 6.07) is 8.02. The number of benzene rings is 1. The average Bonchev–Trinajstić information content (AvgIpc) is 2.46. The van der Waals surface area contributed by atoms with Gasteiger partial charge >= 0.3 is 6.09 Å². The smallest absolute Gasteiger partial charge is 0.411 e. The fourth-order valence-electron chi connectivity index (χ4n) is 2.75. The molecule has 1 aliphatic heterocycles. The first kappa shape index (κ1) is 13.6. The Bertz CT molecular complexity index is 737. The first-order valence-electron chi connectivity index (χ1n) is 7.12. The van der Waals surface area contributed by atoms with Crippen LogP contribution in [-0.4, -0.2) is 27.6 Å². The molecule has 1 amide bonds. The number of rotatable bonds is 1. The molecule has 21 heavy (non-hydrogen) atoms. The van der Waals surface area contributed by atoms with E-state index in [1.54, 1.807) is 0 Å². The minimum Gasteiger partial charge on any atom is -0.465 e. The van der Waals surface area contributed by atoms with Crippen LogP contribution in [0, 0.1) is 12.8 Å². The van der Waals surface area contributed by atoms with Gasteiger partial charge in [0.15, 0.2) is 0 Å². The maximum Gasteiger partial charge on any atom is 0.411 e. The van der Waals surface area contributed by atoms with Crippen LogP contribution in [0.4, 0.5) is 4.79 Å². The average molecular weight is 282 g/mol. The zero-order valence-electron chi connectivity index (χ0n) is 12.2. The van der Waals surface area contributed by atoms with E-state index < -0.39 is 6.09 Å². The molecule has 1 unspecified atom stereocenters. The number of amides is 1. The lowest BCUT2D eigenvalue weighted by Gasteiger charge is -2.30. The highest BCUT2D eigenvalue weighted by atomic mass is 16.4. The summed E-state index contributed by atoms with van der Waals surface area (Å²) in [6.45, 7) is 4.62. The van der Waals surface area contributed by atoms with Crippen molar-refractivity contribution in [2.45, 2.75) is 20.3 Å². The van der Waals surface area contributed by atoms with Gasteiger partial charge in [0.05, 0.1) is 11.2 Å². The third-order valence-corrected chi connectivity index (χ3v) is 3.85. The Morgan fingerprint density at radius 3 is 2.95 bits per heavy atom. The predicted octanol–water partition coefficient (Wildman–Crippen LogP) is 3.90. The Kier molecular flexibility index (Phi) is 3.37. The van der Waals surface area contributed by atoms with Crippen molar-refractivity contribution in [3.63, 3.8) is 0 Å². The molecule has 1 N–H and O–H groups in total. The lowest BCUT2D eigenvalue weighted by Crippen LogP contribution is -2.34. The predicted molar refractivity (Wildman–Crippen MR) is 83.0 cm³/mol. The maximum atomic E-state index is 11.5. The molecular formula is C17H18N2O2. The van der Waals surface area contributed by atoms with E-state index in [1.807, 2.05) is 37.4 Å². The normalized spacial score (nSPS) is 18.7. The molecule has 108 valence electrons. The Morgan fingerprint density at radius 1 is 1.38 bits per heavy atom. The van der Waals surface area contributed by atoms with Crippen LogP contribution in [0.1, 0.15) is 24.5 Å². The Labute approximate surface area is 123 Å². The summed E-state index contributed by atoms with van der Waals surface area (Å²) >= 11 is 0. The molecular weight excluding hydrogens is 264 g/mol. The highest BCUT2D eigenvalue weighted by Gasteiger charge is 2.24. The molecule has 1 aromatic heterocycles. The number of pyridine rings is 1. The van der Waals surface area contributed by atoms with E-state index in [-0.39, 0.29) is 0 Å². The monoisotopic (exact) mass is 282 g/mol. The van der Waals surface area contributed by atoms with Gasteiger partial charge in [0.25, 0.3) is 0 Å². The van der Waals surface area contributed by atoms with Crippen LogP contribution in [0.15, 0.2) is 36.5 Å². The summed E-state index contributed by atoms with van der Waals surface area (Å²) < 4.78 is 0. The number of carbonyl (C=O) groups is 1. The van der Waals surface area contributed by atoms with Crippen LogP contribution < -0.4 is 0 Å². The van der Waals surface area contributed by atoms with Crippen molar-refractivity contribution >= 4 is 22.7 Å². The van der Waals surface area contributed by atoms with Crippen molar-refractivity contribution in [1.29, 1.82) is 0 Å². The molecule has 0 radical (unpaired) electrons. The van der Waals surface area contributed by atoms with Gasteiger partial charge in [-0.25, -0.2) is 4.79 Å². The molecule has 0 aliphatic carbocycles. The zero-order valence-corrected chi connectivity index (χ0v) is 12.2. The van der Waals surface area contributed by atoms with Gasteiger partial charge in [0.2, 0.25) is 0 Å². The Hall–Kier alpha value is -2.36. The van der Waals surface area contributed by atoms with Gasteiger partial charge in [-0.05, 0) is 37.0 Å². The van der Waals surface area contributed by atoms with Crippen LogP contribution in [-0.2, 0) is 0 Å². The van der Waals surface area contributed by atoms with Crippen LogP contribution in [0.3, 0.4) is 0 Å². The largest absolute Gasteiger partial charge is 0.465 e. The topological polar surface area (TPSA) is 53.4 Å². The molecule has 4 nitrogen and oxygen atoms in total. The van der Waals surface area contributed by atoms with E-state index in [0.29, 0.717) is 12.5 Å². The molecule has 0 saturated carbocycles. The number of carboxylic acid groups (broad SMARTS) is 1. The van der Waals surface area contributed by atoms with Gasteiger partial charge in [-0.3, -0.25) is 9.88 Å². The summed E-state index contributed by atoms with van der Waals surface area (Å²) in [5.74, 6) is 0.353. The molecule has 0 fully saturated rings. The number of allylic oxidation sites excluding steroid dienone is 1. The lowest BCUT2D eigenvalue weighted by atomic mass is 9.98. The third-order valence-electron chi connectivity index (χ3n) is 3.85. The number of aromatic nitrogens is 1. The summed E-state index contributed by atoms with van der Waals surface area (Å²) in [6.07, 6.45) is 3.85. The SMILES string of the molecule is Cc1cnc2cc(C3=CCC(C)CN3C(=O)O)ccc2c1. The van der Waals surface area contributed by atoms with Crippen LogP contribution in [0.25, 0.3) is 16.6 Å². The van der Waals surface area contributed by atoms with E-state index in [2.05, 4.69) is 18.0 Å². The summed E-state index contributed by atoms with van der Waals surface area (Å²) in [7, 11) is 0. The highest BCUT2D eigenvalue weighted by molar-refractivity contribution is 5.87. The standard InChI is InChI=1S/C17H18N2O2/c1-11-3-6-16(19(10-11)17(20)21)14-5-4-13-7-12(2)9-18-15(13)8-14/h4-9,11H,3,10H2,1-2H3,(H,20,21). The molecule has 1 atom stereocenters. The number of nitrogens with zero attached hydrogens (tertiary/aromatic N) is 2. The van der Waals surface area contributed by atoms with Gasteiger partial charge < -0.3 is 5.11 Å². The molecule has 2 aromatic rings. The van der Waals surface area contributed by atoms with Gasteiger partial charge in [-0.1, -0.05) is 25.1 Å². The summed E-state index contributed by atoms with van der Waals surface area (Å²) in [4.78, 5) is 17.3. The second kappa shape index (κ2) is 5.20. The zero-order chi connectivity index (χ0) is 15.0. The molecule has 4 heteroatoms. The molecule has 0 bridgehead atoms. The maximum absolute atomic E-state index is 11.5. The Morgan fingerprint density at radius 2 is 2.19 bits per heavy atom. The van der Waals surface area contributed by atoms with Gasteiger partial charge in [0.1, 0.15) is 0 Å². The van der Waals surface area contributed by atoms with Crippen molar-refractivity contribution < 1.29 is 9.90 Å². The van der Waals surface area contributed by atoms with Crippen molar-refractivity contribution in [1.82, 2.24) is 9.88 Å². The molecule has 1 aromatic carbocycles. The minimum atomic E-state index is -0.898. The van der Waals surface area contributed by atoms with Crippen molar-refractivity contribution in [2.24, 2.45) is 5.92 Å². The second-order valence-electron chi connectivity index (χ2n) is 5.74. The fraction of sp³-hybridized carbons (Fsp3) is 0.294. The Balaban J connectivity index is 2.06. The van der Waals surface area contributed by atoms with Crippen LogP contribution in [0.2, 0.25) is 0 Å². The number of fused-ring (bicyclic) bond motifs is 1. The van der Waals surface area contributed by atoms with Crippen molar-refractivity contribution in [3.05, 3.63) is 47.7 Å². The van der Waals surface area contributed by atoms with Gasteiger partial charge in [-0.15, -0.1) is 0 Å². The fourth-order valence-corrected chi connectivity index (χ4v) is 2.75. The molecule has 0 spiro atoms.